The Labute approximate surface area is 173 Å². The number of hydrogen-bond donors (Lipinski definition) is 2. The number of nitrogens with zero attached hydrogens (tertiary/aromatic N) is 3. The van der Waals surface area contributed by atoms with E-state index in [-0.39, 0.29) is 23.5 Å². The number of amides is 1. The summed E-state index contributed by atoms with van der Waals surface area (Å²) in [6.45, 7) is 5.76. The minimum absolute atomic E-state index is 0.104. The predicted molar refractivity (Wildman–Crippen MR) is 113 cm³/mol. The highest BCUT2D eigenvalue weighted by molar-refractivity contribution is 6.33. The number of aliphatic hydroxyl groups excluding tert-OH is 1. The third kappa shape index (κ3) is 4.41. The Hall–Kier alpha value is -2.90. The molecule has 0 radical (unpaired) electrons. The van der Waals surface area contributed by atoms with Gasteiger partial charge in [-0.2, -0.15) is 0 Å². The van der Waals surface area contributed by atoms with E-state index in [2.05, 4.69) is 10.3 Å². The van der Waals surface area contributed by atoms with E-state index in [4.69, 9.17) is 16.7 Å². The van der Waals surface area contributed by atoms with E-state index >= 15 is 0 Å². The summed E-state index contributed by atoms with van der Waals surface area (Å²) in [5, 5.41) is 12.3. The van der Waals surface area contributed by atoms with Gasteiger partial charge < -0.3 is 10.4 Å². The van der Waals surface area contributed by atoms with Gasteiger partial charge >= 0.3 is 0 Å². The Bertz CT molecular complexity index is 1140. The first-order chi connectivity index (χ1) is 13.8. The van der Waals surface area contributed by atoms with E-state index < -0.39 is 11.9 Å². The summed E-state index contributed by atoms with van der Waals surface area (Å²) >= 11 is 6.38. The van der Waals surface area contributed by atoms with E-state index in [1.165, 1.54) is 6.20 Å². The quantitative estimate of drug-likeness (QED) is 0.607. The second kappa shape index (κ2) is 8.63. The molecule has 0 bridgehead atoms. The molecule has 0 unspecified atom stereocenters. The molecule has 2 N–H and O–H groups in total. The van der Waals surface area contributed by atoms with E-state index in [1.54, 1.807) is 28.2 Å². The fourth-order valence-corrected chi connectivity index (χ4v) is 3.11. The fraction of sp³-hybridized carbons (Fsp3) is 0.286. The lowest BCUT2D eigenvalue weighted by atomic mass is 10.1. The van der Waals surface area contributed by atoms with Crippen LogP contribution in [0.2, 0.25) is 5.02 Å². The molecule has 152 valence electrons. The van der Waals surface area contributed by atoms with Crippen LogP contribution < -0.4 is 10.9 Å². The molecule has 2 heterocycles. The molecule has 2 aromatic heterocycles. The SMILES string of the molecule is CC(C)=CCn1c(-c2ccccc2Cl)cn2cc(C(=O)N[C@@H](C)CO)nc2c1=O. The average molecular weight is 415 g/mol. The highest BCUT2D eigenvalue weighted by Gasteiger charge is 2.18. The fourth-order valence-electron chi connectivity index (χ4n) is 2.87. The van der Waals surface area contributed by atoms with Gasteiger partial charge in [0.25, 0.3) is 11.5 Å². The van der Waals surface area contributed by atoms with Crippen molar-refractivity contribution < 1.29 is 9.90 Å². The summed E-state index contributed by atoms with van der Waals surface area (Å²) in [6.07, 6.45) is 5.19. The number of carbonyl (C=O) groups excluding carboxylic acids is 1. The number of allylic oxidation sites excluding steroid dienone is 2. The van der Waals surface area contributed by atoms with Crippen LogP contribution in [0.1, 0.15) is 31.3 Å². The van der Waals surface area contributed by atoms with Gasteiger partial charge in [0.05, 0.1) is 12.3 Å². The smallest absolute Gasteiger partial charge is 0.295 e. The monoisotopic (exact) mass is 414 g/mol. The molecule has 0 spiro atoms. The van der Waals surface area contributed by atoms with Crippen LogP contribution >= 0.6 is 11.6 Å². The molecule has 0 saturated heterocycles. The third-order valence-electron chi connectivity index (χ3n) is 4.44. The lowest BCUT2D eigenvalue weighted by molar-refractivity contribution is 0.0918. The maximum atomic E-state index is 13.2. The standard InChI is InChI=1S/C21H23ClN4O3/c1-13(2)8-9-26-18(15-6-4-5-7-16(15)22)11-25-10-17(24-19(25)21(26)29)20(28)23-14(3)12-27/h4-8,10-11,14,27H,9,12H2,1-3H3,(H,23,28)/t14-/m0/s1. The van der Waals surface area contributed by atoms with Gasteiger partial charge in [0.2, 0.25) is 5.65 Å². The van der Waals surface area contributed by atoms with Gasteiger partial charge in [-0.15, -0.1) is 0 Å². The number of aromatic nitrogens is 3. The molecular weight excluding hydrogens is 392 g/mol. The number of nitrogens with one attached hydrogen (secondary N) is 1. The Morgan fingerprint density at radius 3 is 2.69 bits per heavy atom. The Balaban J connectivity index is 2.20. The van der Waals surface area contributed by atoms with Crippen molar-refractivity contribution in [2.45, 2.75) is 33.4 Å². The molecule has 0 aliphatic carbocycles. The first-order valence-corrected chi connectivity index (χ1v) is 9.62. The molecule has 0 saturated carbocycles. The largest absolute Gasteiger partial charge is 0.394 e. The van der Waals surface area contributed by atoms with Gasteiger partial charge in [-0.1, -0.05) is 41.4 Å². The maximum Gasteiger partial charge on any atom is 0.295 e. The van der Waals surface area contributed by atoms with Crippen molar-refractivity contribution in [3.63, 3.8) is 0 Å². The van der Waals surface area contributed by atoms with Gasteiger partial charge in [-0.25, -0.2) is 4.98 Å². The zero-order valence-electron chi connectivity index (χ0n) is 16.5. The Morgan fingerprint density at radius 1 is 1.31 bits per heavy atom. The van der Waals surface area contributed by atoms with Gasteiger partial charge in [0.1, 0.15) is 5.69 Å². The molecule has 0 aliphatic heterocycles. The molecule has 0 aliphatic rings. The summed E-state index contributed by atoms with van der Waals surface area (Å²) in [5.74, 6) is -0.454. The van der Waals surface area contributed by atoms with E-state index in [0.717, 1.165) is 5.57 Å². The number of rotatable bonds is 6. The number of benzene rings is 1. The van der Waals surface area contributed by atoms with Gasteiger partial charge in [0, 0.05) is 35.6 Å². The molecule has 3 aromatic rings. The highest BCUT2D eigenvalue weighted by atomic mass is 35.5. The number of hydrogen-bond acceptors (Lipinski definition) is 4. The molecule has 7 nitrogen and oxygen atoms in total. The van der Waals surface area contributed by atoms with E-state index in [0.29, 0.717) is 22.8 Å². The first kappa shape index (κ1) is 20.8. The minimum Gasteiger partial charge on any atom is -0.394 e. The van der Waals surface area contributed by atoms with E-state index in [9.17, 15) is 9.59 Å². The summed E-state index contributed by atoms with van der Waals surface area (Å²) in [5.41, 5.74) is 2.33. The van der Waals surface area contributed by atoms with Crippen LogP contribution in [0, 0.1) is 0 Å². The summed E-state index contributed by atoms with van der Waals surface area (Å²) in [6, 6.07) is 6.87. The molecular formula is C21H23ClN4O3. The van der Waals surface area contributed by atoms with Crippen LogP contribution in [-0.2, 0) is 6.54 Å². The normalized spacial score (nSPS) is 12.0. The number of aliphatic hydroxyl groups is 1. The zero-order chi connectivity index (χ0) is 21.1. The number of carbonyl (C=O) groups is 1. The molecule has 1 aromatic carbocycles. The van der Waals surface area contributed by atoms with Gasteiger partial charge in [0.15, 0.2) is 0 Å². The van der Waals surface area contributed by atoms with Crippen LogP contribution in [0.3, 0.4) is 0 Å². The minimum atomic E-state index is -0.454. The molecule has 29 heavy (non-hydrogen) atoms. The highest BCUT2D eigenvalue weighted by Crippen LogP contribution is 2.27. The van der Waals surface area contributed by atoms with Crippen molar-refractivity contribution in [2.75, 3.05) is 6.61 Å². The molecule has 1 atom stereocenters. The van der Waals surface area contributed by atoms with Gasteiger partial charge in [-0.3, -0.25) is 18.6 Å². The van der Waals surface area contributed by atoms with Crippen molar-refractivity contribution in [2.24, 2.45) is 0 Å². The zero-order valence-corrected chi connectivity index (χ0v) is 17.3. The third-order valence-corrected chi connectivity index (χ3v) is 4.77. The number of fused-ring (bicyclic) bond motifs is 1. The maximum absolute atomic E-state index is 13.2. The van der Waals surface area contributed by atoms with Crippen LogP contribution in [0.25, 0.3) is 16.9 Å². The summed E-state index contributed by atoms with van der Waals surface area (Å²) in [7, 11) is 0. The van der Waals surface area contributed by atoms with Crippen LogP contribution in [-0.4, -0.2) is 37.6 Å². The van der Waals surface area contributed by atoms with E-state index in [1.807, 2.05) is 38.1 Å². The van der Waals surface area contributed by atoms with Crippen molar-refractivity contribution in [1.82, 2.24) is 19.3 Å². The van der Waals surface area contributed by atoms with Crippen molar-refractivity contribution >= 4 is 23.2 Å². The number of imidazole rings is 1. The van der Waals surface area contributed by atoms with Crippen molar-refractivity contribution in [1.29, 1.82) is 0 Å². The lowest BCUT2D eigenvalue weighted by Gasteiger charge is -2.13. The molecule has 8 heteroatoms. The topological polar surface area (TPSA) is 88.6 Å². The average Bonchev–Trinajstić information content (AvgIpc) is 3.12. The molecule has 0 fully saturated rings. The predicted octanol–water partition coefficient (Wildman–Crippen LogP) is 2.89. The van der Waals surface area contributed by atoms with Crippen LogP contribution in [0.5, 0.6) is 0 Å². The summed E-state index contributed by atoms with van der Waals surface area (Å²) in [4.78, 5) is 29.8. The van der Waals surface area contributed by atoms with Gasteiger partial charge in [-0.05, 0) is 26.8 Å². The van der Waals surface area contributed by atoms with Crippen molar-refractivity contribution in [3.05, 3.63) is 69.4 Å². The second-order valence-corrected chi connectivity index (χ2v) is 7.51. The Morgan fingerprint density at radius 2 is 2.03 bits per heavy atom. The lowest BCUT2D eigenvalue weighted by Crippen LogP contribution is -2.35. The Kier molecular flexibility index (Phi) is 6.20. The molecule has 1 amide bonds. The number of halogens is 1. The van der Waals surface area contributed by atoms with Crippen LogP contribution in [0.15, 0.2) is 53.1 Å². The summed E-state index contributed by atoms with van der Waals surface area (Å²) < 4.78 is 3.13. The van der Waals surface area contributed by atoms with Crippen molar-refractivity contribution in [3.8, 4) is 11.3 Å². The second-order valence-electron chi connectivity index (χ2n) is 7.11. The first-order valence-electron chi connectivity index (χ1n) is 9.24. The van der Waals surface area contributed by atoms with Crippen LogP contribution in [0.4, 0.5) is 0 Å². The molecule has 3 rings (SSSR count).